The van der Waals surface area contributed by atoms with Gasteiger partial charge in [0.05, 0.1) is 0 Å². The maximum absolute atomic E-state index is 8.76. The van der Waals surface area contributed by atoms with Crippen LogP contribution in [0.2, 0.25) is 0 Å². The van der Waals surface area contributed by atoms with E-state index in [9.17, 15) is 0 Å². The van der Waals surface area contributed by atoms with E-state index in [1.165, 1.54) is 5.56 Å². The second-order valence-electron chi connectivity index (χ2n) is 2.97. The lowest BCUT2D eigenvalue weighted by atomic mass is 9.99. The molecule has 1 aromatic carbocycles. The van der Waals surface area contributed by atoms with Gasteiger partial charge < -0.3 is 5.11 Å². The minimum atomic E-state index is 0.258. The van der Waals surface area contributed by atoms with Gasteiger partial charge in [-0.25, -0.2) is 0 Å². The minimum absolute atomic E-state index is 0.258. The van der Waals surface area contributed by atoms with Crippen LogP contribution in [0.1, 0.15) is 24.8 Å². The van der Waals surface area contributed by atoms with E-state index in [1.54, 1.807) is 0 Å². The second-order valence-corrected chi connectivity index (χ2v) is 3.88. The normalized spacial score (nSPS) is 12.9. The molecule has 0 aliphatic heterocycles. The first kappa shape index (κ1) is 9.75. The molecule has 0 amide bonds. The minimum Gasteiger partial charge on any atom is -0.396 e. The highest BCUT2D eigenvalue weighted by molar-refractivity contribution is 9.10. The Morgan fingerprint density at radius 3 is 2.83 bits per heavy atom. The molecule has 0 unspecified atom stereocenters. The Hall–Kier alpha value is -0.340. The van der Waals surface area contributed by atoms with E-state index in [0.717, 1.165) is 10.9 Å². The number of halogens is 1. The molecule has 0 bridgehead atoms. The van der Waals surface area contributed by atoms with Crippen LogP contribution in [0.15, 0.2) is 28.7 Å². The van der Waals surface area contributed by atoms with E-state index < -0.39 is 0 Å². The summed E-state index contributed by atoms with van der Waals surface area (Å²) < 4.78 is 1.10. The van der Waals surface area contributed by atoms with Crippen molar-refractivity contribution in [3.05, 3.63) is 34.3 Å². The number of aliphatic hydroxyl groups excluding tert-OH is 1. The first-order chi connectivity index (χ1) is 5.74. The quantitative estimate of drug-likeness (QED) is 0.844. The summed E-state index contributed by atoms with van der Waals surface area (Å²) in [4.78, 5) is 0. The van der Waals surface area contributed by atoms with Gasteiger partial charge in [-0.15, -0.1) is 0 Å². The predicted molar refractivity (Wildman–Crippen MR) is 54.3 cm³/mol. The van der Waals surface area contributed by atoms with Crippen LogP contribution < -0.4 is 0 Å². The van der Waals surface area contributed by atoms with Crippen molar-refractivity contribution in [3.8, 4) is 0 Å². The van der Waals surface area contributed by atoms with Crippen LogP contribution in [-0.2, 0) is 0 Å². The lowest BCUT2D eigenvalue weighted by Crippen LogP contribution is -1.96. The van der Waals surface area contributed by atoms with Gasteiger partial charge in [-0.05, 0) is 30.0 Å². The molecule has 1 nitrogen and oxygen atoms in total. The van der Waals surface area contributed by atoms with Gasteiger partial charge in [0, 0.05) is 11.1 Å². The van der Waals surface area contributed by atoms with E-state index in [0.29, 0.717) is 5.92 Å². The Morgan fingerprint density at radius 2 is 2.25 bits per heavy atom. The lowest BCUT2D eigenvalue weighted by molar-refractivity contribution is 0.278. The Labute approximate surface area is 81.6 Å². The maximum atomic E-state index is 8.76. The molecule has 0 radical (unpaired) electrons. The number of hydrogen-bond acceptors (Lipinski definition) is 1. The molecule has 12 heavy (non-hydrogen) atoms. The van der Waals surface area contributed by atoms with Crippen LogP contribution in [0.4, 0.5) is 0 Å². The Balaban J connectivity index is 2.73. The third-order valence-electron chi connectivity index (χ3n) is 1.98. The lowest BCUT2D eigenvalue weighted by Gasteiger charge is -2.09. The fourth-order valence-electron chi connectivity index (χ4n) is 1.17. The van der Waals surface area contributed by atoms with Crippen LogP contribution in [0.5, 0.6) is 0 Å². The first-order valence-electron chi connectivity index (χ1n) is 4.10. The average Bonchev–Trinajstić information content (AvgIpc) is 2.05. The van der Waals surface area contributed by atoms with Crippen LogP contribution in [0, 0.1) is 0 Å². The summed E-state index contributed by atoms with van der Waals surface area (Å²) in [6.45, 7) is 2.38. The topological polar surface area (TPSA) is 20.2 Å². The van der Waals surface area contributed by atoms with Gasteiger partial charge in [0.25, 0.3) is 0 Å². The molecule has 66 valence electrons. The molecule has 1 aromatic rings. The van der Waals surface area contributed by atoms with Crippen molar-refractivity contribution in [3.63, 3.8) is 0 Å². The summed E-state index contributed by atoms with van der Waals surface area (Å²) in [5, 5.41) is 8.76. The molecule has 0 saturated heterocycles. The maximum Gasteiger partial charge on any atom is 0.0436 e. The van der Waals surface area contributed by atoms with Crippen LogP contribution in [-0.4, -0.2) is 11.7 Å². The third-order valence-corrected chi connectivity index (χ3v) is 2.47. The number of aliphatic hydroxyl groups is 1. The van der Waals surface area contributed by atoms with E-state index in [-0.39, 0.29) is 6.61 Å². The molecule has 1 atom stereocenters. The average molecular weight is 229 g/mol. The van der Waals surface area contributed by atoms with Gasteiger partial charge in [-0.3, -0.25) is 0 Å². The van der Waals surface area contributed by atoms with Gasteiger partial charge in [0.2, 0.25) is 0 Å². The SMILES string of the molecule is C[C@H](CCO)c1cccc(Br)c1. The molecule has 0 heterocycles. The summed E-state index contributed by atoms with van der Waals surface area (Å²) in [6, 6.07) is 8.22. The summed E-state index contributed by atoms with van der Waals surface area (Å²) in [5.41, 5.74) is 1.28. The fraction of sp³-hybridized carbons (Fsp3) is 0.400. The zero-order valence-corrected chi connectivity index (χ0v) is 8.71. The zero-order chi connectivity index (χ0) is 8.97. The highest BCUT2D eigenvalue weighted by atomic mass is 79.9. The molecule has 0 aliphatic rings. The molecule has 1 N–H and O–H groups in total. The van der Waals surface area contributed by atoms with E-state index >= 15 is 0 Å². The predicted octanol–water partition coefficient (Wildman–Crippen LogP) is 2.94. The van der Waals surface area contributed by atoms with E-state index in [1.807, 2.05) is 12.1 Å². The highest BCUT2D eigenvalue weighted by Gasteiger charge is 2.03. The Bertz CT molecular complexity index is 247. The number of benzene rings is 1. The van der Waals surface area contributed by atoms with Gasteiger partial charge in [0.1, 0.15) is 0 Å². The molecule has 1 rings (SSSR count). The molecule has 0 aromatic heterocycles. The molecular formula is C10H13BrO. The van der Waals surface area contributed by atoms with Gasteiger partial charge in [-0.2, -0.15) is 0 Å². The summed E-state index contributed by atoms with van der Waals surface area (Å²) in [7, 11) is 0. The highest BCUT2D eigenvalue weighted by Crippen LogP contribution is 2.21. The molecule has 0 saturated carbocycles. The van der Waals surface area contributed by atoms with Gasteiger partial charge in [-0.1, -0.05) is 35.0 Å². The smallest absolute Gasteiger partial charge is 0.0436 e. The second kappa shape index (κ2) is 4.63. The first-order valence-corrected chi connectivity index (χ1v) is 4.89. The van der Waals surface area contributed by atoms with Crippen LogP contribution in [0.25, 0.3) is 0 Å². The largest absolute Gasteiger partial charge is 0.396 e. The van der Waals surface area contributed by atoms with Crippen LogP contribution >= 0.6 is 15.9 Å². The Morgan fingerprint density at radius 1 is 1.50 bits per heavy atom. The summed E-state index contributed by atoms with van der Waals surface area (Å²) in [6.07, 6.45) is 0.830. The third kappa shape index (κ3) is 2.61. The molecule has 0 spiro atoms. The van der Waals surface area contributed by atoms with E-state index in [4.69, 9.17) is 5.11 Å². The van der Waals surface area contributed by atoms with Gasteiger partial charge >= 0.3 is 0 Å². The van der Waals surface area contributed by atoms with Crippen molar-refractivity contribution >= 4 is 15.9 Å². The van der Waals surface area contributed by atoms with Crippen molar-refractivity contribution in [2.24, 2.45) is 0 Å². The van der Waals surface area contributed by atoms with E-state index in [2.05, 4.69) is 35.0 Å². The Kier molecular flexibility index (Phi) is 3.76. The van der Waals surface area contributed by atoms with Crippen molar-refractivity contribution in [2.75, 3.05) is 6.61 Å². The summed E-state index contributed by atoms with van der Waals surface area (Å²) in [5.74, 6) is 0.437. The zero-order valence-electron chi connectivity index (χ0n) is 7.13. The monoisotopic (exact) mass is 228 g/mol. The number of hydrogen-bond donors (Lipinski definition) is 1. The molecule has 2 heteroatoms. The summed E-state index contributed by atoms with van der Waals surface area (Å²) >= 11 is 3.42. The van der Waals surface area contributed by atoms with Crippen molar-refractivity contribution < 1.29 is 5.11 Å². The number of rotatable bonds is 3. The van der Waals surface area contributed by atoms with Crippen LogP contribution in [0.3, 0.4) is 0 Å². The molecular weight excluding hydrogens is 216 g/mol. The standard InChI is InChI=1S/C10H13BrO/c1-8(5-6-12)9-3-2-4-10(11)7-9/h2-4,7-8,12H,5-6H2,1H3/t8-/m1/s1. The van der Waals surface area contributed by atoms with Crippen molar-refractivity contribution in [1.29, 1.82) is 0 Å². The van der Waals surface area contributed by atoms with Crippen molar-refractivity contribution in [1.82, 2.24) is 0 Å². The molecule has 0 aliphatic carbocycles. The fourth-order valence-corrected chi connectivity index (χ4v) is 1.59. The van der Waals surface area contributed by atoms with Gasteiger partial charge in [0.15, 0.2) is 0 Å². The van der Waals surface area contributed by atoms with Crippen molar-refractivity contribution in [2.45, 2.75) is 19.3 Å². The molecule has 0 fully saturated rings.